The highest BCUT2D eigenvalue weighted by Crippen LogP contribution is 2.20. The van der Waals surface area contributed by atoms with Gasteiger partial charge in [-0.25, -0.2) is 4.79 Å². The van der Waals surface area contributed by atoms with E-state index >= 15 is 0 Å². The summed E-state index contributed by atoms with van der Waals surface area (Å²) in [6.45, 7) is 5.20. The highest BCUT2D eigenvalue weighted by atomic mass is 16.5. The largest absolute Gasteiger partial charge is 0.493 e. The molecule has 1 amide bonds. The van der Waals surface area contributed by atoms with Gasteiger partial charge in [-0.3, -0.25) is 4.79 Å². The summed E-state index contributed by atoms with van der Waals surface area (Å²) in [6.07, 6.45) is 2.89. The molecule has 7 heteroatoms. The molecule has 0 aromatic heterocycles. The summed E-state index contributed by atoms with van der Waals surface area (Å²) in [4.78, 5) is 26.2. The Morgan fingerprint density at radius 1 is 1.10 bits per heavy atom. The van der Waals surface area contributed by atoms with Gasteiger partial charge in [-0.05, 0) is 43.3 Å². The Morgan fingerprint density at radius 3 is 2.57 bits per heavy atom. The Kier molecular flexibility index (Phi) is 7.86. The number of rotatable bonds is 8. The average molecular weight is 410 g/mol. The van der Waals surface area contributed by atoms with Crippen molar-refractivity contribution < 1.29 is 23.8 Å². The van der Waals surface area contributed by atoms with Crippen molar-refractivity contribution in [3.8, 4) is 5.75 Å². The standard InChI is InChI=1S/C23H26N2O5/c1-2-29-21-6-4-3-5-18(21)7-12-23(27)30-17-22(26)24-19-8-10-20(11-9-19)25-13-15-28-16-14-25/h3-12H,2,13-17H2,1H3,(H,24,26)/b12-7+. The van der Waals surface area contributed by atoms with Gasteiger partial charge in [-0.2, -0.15) is 0 Å². The Labute approximate surface area is 176 Å². The number of hydrogen-bond donors (Lipinski definition) is 1. The molecule has 0 atom stereocenters. The van der Waals surface area contributed by atoms with Crippen LogP contribution < -0.4 is 15.0 Å². The monoisotopic (exact) mass is 410 g/mol. The van der Waals surface area contributed by atoms with Crippen LogP contribution in [-0.4, -0.2) is 51.4 Å². The summed E-state index contributed by atoms with van der Waals surface area (Å²) in [6, 6.07) is 14.9. The molecule has 0 saturated carbocycles. The maximum absolute atomic E-state index is 12.1. The minimum Gasteiger partial charge on any atom is -0.493 e. The zero-order valence-electron chi connectivity index (χ0n) is 17.0. The number of esters is 1. The van der Waals surface area contributed by atoms with Gasteiger partial charge in [0.25, 0.3) is 5.91 Å². The first-order chi connectivity index (χ1) is 14.7. The van der Waals surface area contributed by atoms with Gasteiger partial charge in [0.2, 0.25) is 0 Å². The molecule has 158 valence electrons. The number of nitrogens with one attached hydrogen (secondary N) is 1. The van der Waals surface area contributed by atoms with E-state index in [0.717, 1.165) is 37.6 Å². The number of nitrogens with zero attached hydrogens (tertiary/aromatic N) is 1. The molecule has 1 saturated heterocycles. The van der Waals surface area contributed by atoms with Crippen LogP contribution in [0, 0.1) is 0 Å². The molecule has 0 radical (unpaired) electrons. The van der Waals surface area contributed by atoms with Crippen LogP contribution in [0.25, 0.3) is 6.08 Å². The number of para-hydroxylation sites is 1. The molecule has 2 aromatic rings. The van der Waals surface area contributed by atoms with E-state index in [4.69, 9.17) is 14.2 Å². The summed E-state index contributed by atoms with van der Waals surface area (Å²) in [5.74, 6) is -0.313. The van der Waals surface area contributed by atoms with Crippen LogP contribution in [-0.2, 0) is 19.1 Å². The summed E-state index contributed by atoms with van der Waals surface area (Å²) in [5, 5.41) is 2.72. The van der Waals surface area contributed by atoms with Crippen LogP contribution in [0.15, 0.2) is 54.6 Å². The maximum Gasteiger partial charge on any atom is 0.331 e. The third kappa shape index (κ3) is 6.35. The Bertz CT molecular complexity index is 873. The fraction of sp³-hybridized carbons (Fsp3) is 0.304. The number of hydrogen-bond acceptors (Lipinski definition) is 6. The lowest BCUT2D eigenvalue weighted by Gasteiger charge is -2.28. The first-order valence-corrected chi connectivity index (χ1v) is 9.95. The van der Waals surface area contributed by atoms with Gasteiger partial charge in [-0.1, -0.05) is 18.2 Å². The molecule has 1 N–H and O–H groups in total. The number of carbonyl (C=O) groups excluding carboxylic acids is 2. The molecule has 0 bridgehead atoms. The van der Waals surface area contributed by atoms with Crippen LogP contribution in [0.3, 0.4) is 0 Å². The first kappa shape index (κ1) is 21.4. The third-order valence-electron chi connectivity index (χ3n) is 4.49. The Balaban J connectivity index is 1.45. The van der Waals surface area contributed by atoms with Crippen molar-refractivity contribution in [3.05, 3.63) is 60.2 Å². The van der Waals surface area contributed by atoms with Crippen molar-refractivity contribution >= 4 is 29.3 Å². The molecule has 7 nitrogen and oxygen atoms in total. The second kappa shape index (κ2) is 11.0. The SMILES string of the molecule is CCOc1ccccc1/C=C/C(=O)OCC(=O)Nc1ccc(N2CCOCC2)cc1. The average Bonchev–Trinajstić information content (AvgIpc) is 2.78. The topological polar surface area (TPSA) is 77.1 Å². The van der Waals surface area contributed by atoms with Gasteiger partial charge in [0.05, 0.1) is 19.8 Å². The number of ether oxygens (including phenoxy) is 3. The van der Waals surface area contributed by atoms with Gasteiger partial charge in [0.1, 0.15) is 5.75 Å². The van der Waals surface area contributed by atoms with E-state index < -0.39 is 11.9 Å². The zero-order valence-corrected chi connectivity index (χ0v) is 17.0. The highest BCUT2D eigenvalue weighted by Gasteiger charge is 2.11. The maximum atomic E-state index is 12.1. The lowest BCUT2D eigenvalue weighted by Crippen LogP contribution is -2.36. The molecule has 2 aromatic carbocycles. The van der Waals surface area contributed by atoms with E-state index in [1.807, 2.05) is 55.5 Å². The second-order valence-electron chi connectivity index (χ2n) is 6.61. The van der Waals surface area contributed by atoms with Crippen LogP contribution in [0.5, 0.6) is 5.75 Å². The molecule has 0 aliphatic carbocycles. The van der Waals surface area contributed by atoms with Crippen LogP contribution in [0.1, 0.15) is 12.5 Å². The van der Waals surface area contributed by atoms with E-state index in [1.165, 1.54) is 6.08 Å². The van der Waals surface area contributed by atoms with Crippen LogP contribution in [0.4, 0.5) is 11.4 Å². The van der Waals surface area contributed by atoms with Gasteiger partial charge in [0.15, 0.2) is 6.61 Å². The minimum atomic E-state index is -0.598. The summed E-state index contributed by atoms with van der Waals surface area (Å²) in [7, 11) is 0. The fourth-order valence-electron chi connectivity index (χ4n) is 3.02. The molecule has 30 heavy (non-hydrogen) atoms. The van der Waals surface area contributed by atoms with E-state index in [0.29, 0.717) is 18.0 Å². The van der Waals surface area contributed by atoms with Crippen molar-refractivity contribution in [2.24, 2.45) is 0 Å². The quantitative estimate of drug-likeness (QED) is 0.532. The molecular weight excluding hydrogens is 384 g/mol. The Hall–Kier alpha value is -3.32. The summed E-state index contributed by atoms with van der Waals surface area (Å²) < 4.78 is 15.9. The van der Waals surface area contributed by atoms with Crippen molar-refractivity contribution in [1.82, 2.24) is 0 Å². The second-order valence-corrected chi connectivity index (χ2v) is 6.61. The molecule has 3 rings (SSSR count). The lowest BCUT2D eigenvalue weighted by molar-refractivity contribution is -0.142. The van der Waals surface area contributed by atoms with E-state index in [9.17, 15) is 9.59 Å². The minimum absolute atomic E-state index is 0.360. The summed E-state index contributed by atoms with van der Waals surface area (Å²) in [5.41, 5.74) is 2.50. The van der Waals surface area contributed by atoms with Crippen LogP contribution >= 0.6 is 0 Å². The van der Waals surface area contributed by atoms with Crippen molar-refractivity contribution in [3.63, 3.8) is 0 Å². The van der Waals surface area contributed by atoms with Crippen molar-refractivity contribution in [2.45, 2.75) is 6.92 Å². The Morgan fingerprint density at radius 2 is 1.83 bits per heavy atom. The summed E-state index contributed by atoms with van der Waals surface area (Å²) >= 11 is 0. The number of benzene rings is 2. The van der Waals surface area contributed by atoms with Gasteiger partial charge in [0, 0.05) is 36.1 Å². The van der Waals surface area contributed by atoms with Crippen LogP contribution in [0.2, 0.25) is 0 Å². The number of anilines is 2. The molecular formula is C23H26N2O5. The van der Waals surface area contributed by atoms with Gasteiger partial charge in [-0.15, -0.1) is 0 Å². The number of carbonyl (C=O) groups is 2. The molecule has 1 aliphatic heterocycles. The highest BCUT2D eigenvalue weighted by molar-refractivity contribution is 5.94. The smallest absolute Gasteiger partial charge is 0.331 e. The molecule has 1 heterocycles. The van der Waals surface area contributed by atoms with E-state index in [2.05, 4.69) is 10.2 Å². The fourth-order valence-corrected chi connectivity index (χ4v) is 3.02. The van der Waals surface area contributed by atoms with E-state index in [-0.39, 0.29) is 6.61 Å². The van der Waals surface area contributed by atoms with Crippen molar-refractivity contribution in [2.75, 3.05) is 49.7 Å². The predicted molar refractivity (Wildman–Crippen MR) is 116 cm³/mol. The van der Waals surface area contributed by atoms with Gasteiger partial charge < -0.3 is 24.4 Å². The van der Waals surface area contributed by atoms with E-state index in [1.54, 1.807) is 6.08 Å². The number of morpholine rings is 1. The zero-order chi connectivity index (χ0) is 21.2. The van der Waals surface area contributed by atoms with Gasteiger partial charge >= 0.3 is 5.97 Å². The predicted octanol–water partition coefficient (Wildman–Crippen LogP) is 3.12. The molecule has 1 fully saturated rings. The molecule has 1 aliphatic rings. The van der Waals surface area contributed by atoms with Crippen molar-refractivity contribution in [1.29, 1.82) is 0 Å². The molecule has 0 unspecified atom stereocenters. The number of amides is 1. The first-order valence-electron chi connectivity index (χ1n) is 9.95. The lowest BCUT2D eigenvalue weighted by atomic mass is 10.2. The normalized spacial score (nSPS) is 13.8. The third-order valence-corrected chi connectivity index (χ3v) is 4.49. The molecule has 0 spiro atoms.